The summed E-state index contributed by atoms with van der Waals surface area (Å²) in [4.78, 5) is 18.1. The summed E-state index contributed by atoms with van der Waals surface area (Å²) in [5.74, 6) is 1.45. The van der Waals surface area contributed by atoms with E-state index < -0.39 is 0 Å². The number of carbonyl (C=O) groups is 1. The van der Waals surface area contributed by atoms with Gasteiger partial charge in [-0.1, -0.05) is 11.8 Å². The first-order chi connectivity index (χ1) is 10.3. The van der Waals surface area contributed by atoms with Crippen LogP contribution in [0.1, 0.15) is 6.42 Å². The van der Waals surface area contributed by atoms with E-state index in [0.29, 0.717) is 5.75 Å². The van der Waals surface area contributed by atoms with Gasteiger partial charge in [-0.25, -0.2) is 4.98 Å². The van der Waals surface area contributed by atoms with Gasteiger partial charge < -0.3 is 9.64 Å². The molecule has 1 amide bonds. The third kappa shape index (κ3) is 3.05. The highest BCUT2D eigenvalue weighted by Gasteiger charge is 2.20. The van der Waals surface area contributed by atoms with Crippen molar-refractivity contribution in [1.29, 1.82) is 0 Å². The summed E-state index contributed by atoms with van der Waals surface area (Å²) >= 11 is 1.47. The lowest BCUT2D eigenvalue weighted by molar-refractivity contribution is -0.131. The molecule has 0 atom stereocenters. The maximum Gasteiger partial charge on any atom is 0.233 e. The van der Waals surface area contributed by atoms with Crippen LogP contribution in [0.3, 0.4) is 0 Å². The number of ether oxygens (including phenoxy) is 1. The molecule has 5 nitrogen and oxygen atoms in total. The van der Waals surface area contributed by atoms with Crippen molar-refractivity contribution in [2.45, 2.75) is 11.6 Å². The summed E-state index contributed by atoms with van der Waals surface area (Å²) in [5.41, 5.74) is 1.01. The third-order valence-electron chi connectivity index (χ3n) is 3.49. The molecule has 0 unspecified atom stereocenters. The fraction of sp³-hybridized carbons (Fsp3) is 0.333. The molecule has 0 saturated carbocycles. The average Bonchev–Trinajstić information content (AvgIpc) is 2.92. The molecule has 110 valence electrons. The lowest BCUT2D eigenvalue weighted by Crippen LogP contribution is -2.43. The fourth-order valence-corrected chi connectivity index (χ4v) is 2.99. The van der Waals surface area contributed by atoms with E-state index in [0.717, 1.165) is 36.1 Å². The van der Waals surface area contributed by atoms with Crippen LogP contribution in [0.4, 0.5) is 0 Å². The minimum absolute atomic E-state index is 0.190. The van der Waals surface area contributed by atoms with Gasteiger partial charge in [-0.15, -0.1) is 0 Å². The van der Waals surface area contributed by atoms with Gasteiger partial charge in [0.25, 0.3) is 0 Å². The minimum Gasteiger partial charge on any atom is -0.497 e. The van der Waals surface area contributed by atoms with Gasteiger partial charge in [-0.05, 0) is 30.7 Å². The van der Waals surface area contributed by atoms with Crippen LogP contribution < -0.4 is 4.74 Å². The van der Waals surface area contributed by atoms with Crippen LogP contribution in [-0.4, -0.2) is 46.3 Å². The minimum atomic E-state index is 0.190. The van der Waals surface area contributed by atoms with Crippen molar-refractivity contribution in [3.63, 3.8) is 0 Å². The summed E-state index contributed by atoms with van der Waals surface area (Å²) in [6.45, 7) is 1.79. The van der Waals surface area contributed by atoms with Crippen LogP contribution >= 0.6 is 11.8 Å². The molecule has 2 aromatic rings. The number of imidazole rings is 1. The number of hydrogen-bond acceptors (Lipinski definition) is 4. The maximum absolute atomic E-state index is 11.9. The van der Waals surface area contributed by atoms with Gasteiger partial charge in [0.15, 0.2) is 5.16 Å². The molecule has 3 rings (SSSR count). The van der Waals surface area contributed by atoms with E-state index in [-0.39, 0.29) is 5.91 Å². The lowest BCUT2D eigenvalue weighted by Gasteiger charge is -2.30. The Hall–Kier alpha value is -1.95. The molecule has 0 bridgehead atoms. The molecule has 1 aromatic heterocycles. The number of hydrogen-bond donors (Lipinski definition) is 0. The quantitative estimate of drug-likeness (QED) is 0.795. The van der Waals surface area contributed by atoms with Crippen LogP contribution in [0.15, 0.2) is 41.8 Å². The van der Waals surface area contributed by atoms with Crippen LogP contribution in [0.2, 0.25) is 0 Å². The van der Waals surface area contributed by atoms with Crippen molar-refractivity contribution in [2.75, 3.05) is 26.0 Å². The molecule has 1 fully saturated rings. The smallest absolute Gasteiger partial charge is 0.233 e. The molecule has 1 saturated heterocycles. The van der Waals surface area contributed by atoms with Gasteiger partial charge in [-0.2, -0.15) is 0 Å². The Labute approximate surface area is 127 Å². The largest absolute Gasteiger partial charge is 0.497 e. The lowest BCUT2D eigenvalue weighted by atomic mass is 10.2. The Balaban J connectivity index is 1.69. The molecular formula is C15H17N3O2S. The Morgan fingerprint density at radius 1 is 1.33 bits per heavy atom. The fourth-order valence-electron chi connectivity index (χ4n) is 2.12. The van der Waals surface area contributed by atoms with Crippen molar-refractivity contribution in [1.82, 2.24) is 14.5 Å². The van der Waals surface area contributed by atoms with Gasteiger partial charge in [0.05, 0.1) is 12.9 Å². The topological polar surface area (TPSA) is 47.4 Å². The predicted octanol–water partition coefficient (Wildman–Crippen LogP) is 2.21. The van der Waals surface area contributed by atoms with E-state index in [1.54, 1.807) is 13.3 Å². The van der Waals surface area contributed by atoms with Crippen molar-refractivity contribution < 1.29 is 9.53 Å². The first-order valence-electron chi connectivity index (χ1n) is 6.86. The highest BCUT2D eigenvalue weighted by molar-refractivity contribution is 7.99. The van der Waals surface area contributed by atoms with Crippen molar-refractivity contribution in [3.05, 3.63) is 36.7 Å². The number of aromatic nitrogens is 2. The van der Waals surface area contributed by atoms with Crippen LogP contribution in [0.25, 0.3) is 5.69 Å². The zero-order chi connectivity index (χ0) is 14.7. The summed E-state index contributed by atoms with van der Waals surface area (Å²) in [6, 6.07) is 7.77. The second-order valence-corrected chi connectivity index (χ2v) is 5.74. The number of amides is 1. The highest BCUT2D eigenvalue weighted by atomic mass is 32.2. The van der Waals surface area contributed by atoms with Crippen molar-refractivity contribution in [2.24, 2.45) is 0 Å². The SMILES string of the molecule is COc1ccc(-n2ccnc2SCC(=O)N2CCC2)cc1. The second-order valence-electron chi connectivity index (χ2n) is 4.80. The van der Waals surface area contributed by atoms with Gasteiger partial charge in [0.1, 0.15) is 5.75 Å². The third-order valence-corrected chi connectivity index (χ3v) is 4.44. The molecule has 6 heteroatoms. The highest BCUT2D eigenvalue weighted by Crippen LogP contribution is 2.23. The molecule has 0 aliphatic carbocycles. The molecule has 0 N–H and O–H groups in total. The monoisotopic (exact) mass is 303 g/mol. The molecule has 1 aliphatic rings. The van der Waals surface area contributed by atoms with Crippen LogP contribution in [0.5, 0.6) is 5.75 Å². The molecule has 0 radical (unpaired) electrons. The van der Waals surface area contributed by atoms with E-state index in [2.05, 4.69) is 4.98 Å². The molecule has 1 aliphatic heterocycles. The number of nitrogens with zero attached hydrogens (tertiary/aromatic N) is 3. The predicted molar refractivity (Wildman–Crippen MR) is 82.0 cm³/mol. The van der Waals surface area contributed by atoms with E-state index >= 15 is 0 Å². The summed E-state index contributed by atoms with van der Waals surface area (Å²) in [6.07, 6.45) is 4.77. The number of methoxy groups -OCH3 is 1. The Morgan fingerprint density at radius 2 is 2.10 bits per heavy atom. The van der Waals surface area contributed by atoms with Crippen LogP contribution in [0, 0.1) is 0 Å². The van der Waals surface area contributed by atoms with Crippen molar-refractivity contribution in [3.8, 4) is 11.4 Å². The first-order valence-corrected chi connectivity index (χ1v) is 7.85. The van der Waals surface area contributed by atoms with Crippen molar-refractivity contribution >= 4 is 17.7 Å². The Morgan fingerprint density at radius 3 is 2.71 bits per heavy atom. The average molecular weight is 303 g/mol. The van der Waals surface area contributed by atoms with E-state index in [9.17, 15) is 4.79 Å². The number of thioether (sulfide) groups is 1. The number of rotatable bonds is 5. The zero-order valence-electron chi connectivity index (χ0n) is 11.9. The maximum atomic E-state index is 11.9. The molecule has 1 aromatic carbocycles. The molecule has 0 spiro atoms. The normalized spacial score (nSPS) is 13.9. The van der Waals surface area contributed by atoms with Gasteiger partial charge in [0, 0.05) is 31.2 Å². The number of benzene rings is 1. The Bertz CT molecular complexity index is 620. The number of carbonyl (C=O) groups excluding carboxylic acids is 1. The molecule has 2 heterocycles. The zero-order valence-corrected chi connectivity index (χ0v) is 12.7. The van der Waals surface area contributed by atoms with Gasteiger partial charge >= 0.3 is 0 Å². The van der Waals surface area contributed by atoms with Gasteiger partial charge in [0.2, 0.25) is 5.91 Å². The molecule has 21 heavy (non-hydrogen) atoms. The van der Waals surface area contributed by atoms with Gasteiger partial charge in [-0.3, -0.25) is 9.36 Å². The van der Waals surface area contributed by atoms with E-state index in [1.165, 1.54) is 11.8 Å². The molecular weight excluding hydrogens is 286 g/mol. The standard InChI is InChI=1S/C15H17N3O2S/c1-20-13-5-3-12(4-6-13)18-10-7-16-15(18)21-11-14(19)17-8-2-9-17/h3-7,10H,2,8-9,11H2,1H3. The Kier molecular flexibility index (Phi) is 4.15. The van der Waals surface area contributed by atoms with E-state index in [4.69, 9.17) is 4.74 Å². The summed E-state index contributed by atoms with van der Waals surface area (Å²) < 4.78 is 7.14. The number of likely N-dealkylation sites (tertiary alicyclic amines) is 1. The first kappa shape index (κ1) is 14.0. The van der Waals surface area contributed by atoms with Crippen LogP contribution in [-0.2, 0) is 4.79 Å². The summed E-state index contributed by atoms with van der Waals surface area (Å²) in [7, 11) is 1.65. The second kappa shape index (κ2) is 6.22. The summed E-state index contributed by atoms with van der Waals surface area (Å²) in [5, 5.41) is 0.828. The van der Waals surface area contributed by atoms with E-state index in [1.807, 2.05) is 39.9 Å².